The van der Waals surface area contributed by atoms with Crippen molar-refractivity contribution in [1.82, 2.24) is 4.90 Å². The van der Waals surface area contributed by atoms with Crippen LogP contribution in [0.15, 0.2) is 22.8 Å². The summed E-state index contributed by atoms with van der Waals surface area (Å²) in [5.41, 5.74) is 4.78. The molecule has 0 N–H and O–H groups in total. The number of methoxy groups -OCH3 is 1. The molecule has 1 saturated heterocycles. The first-order valence-corrected chi connectivity index (χ1v) is 8.95. The van der Waals surface area contributed by atoms with E-state index in [9.17, 15) is 4.79 Å². The fourth-order valence-corrected chi connectivity index (χ4v) is 3.58. The normalized spacial score (nSPS) is 16.5. The number of rotatable bonds is 3. The number of hydrogen-bond donors (Lipinski definition) is 0. The number of ether oxygens (including phenoxy) is 1. The highest BCUT2D eigenvalue weighted by atomic mass is 16.5. The van der Waals surface area contributed by atoms with Crippen molar-refractivity contribution in [2.45, 2.75) is 40.5 Å². The molecule has 4 nitrogen and oxygen atoms in total. The lowest BCUT2D eigenvalue weighted by atomic mass is 9.97. The van der Waals surface area contributed by atoms with Gasteiger partial charge in [-0.05, 0) is 56.7 Å². The Morgan fingerprint density at radius 1 is 1.32 bits per heavy atom. The van der Waals surface area contributed by atoms with Gasteiger partial charge < -0.3 is 14.1 Å². The number of aryl methyl sites for hydroxylation is 2. The molecule has 3 rings (SSSR count). The van der Waals surface area contributed by atoms with Crippen molar-refractivity contribution in [2.24, 2.45) is 5.92 Å². The van der Waals surface area contributed by atoms with Gasteiger partial charge in [0.05, 0.1) is 13.4 Å². The third-order valence-corrected chi connectivity index (χ3v) is 5.30. The van der Waals surface area contributed by atoms with Gasteiger partial charge in [-0.3, -0.25) is 4.79 Å². The largest absolute Gasteiger partial charge is 0.496 e. The maximum absolute atomic E-state index is 12.6. The quantitative estimate of drug-likeness (QED) is 0.759. The first-order chi connectivity index (χ1) is 11.9. The fraction of sp³-hybridized carbons (Fsp3) is 0.476. The number of hydrogen-bond acceptors (Lipinski definition) is 3. The number of allylic oxidation sites excluding steroid dienone is 1. The fourth-order valence-electron chi connectivity index (χ4n) is 3.58. The molecule has 1 amide bonds. The lowest BCUT2D eigenvalue weighted by Crippen LogP contribution is -2.36. The Labute approximate surface area is 149 Å². The van der Waals surface area contributed by atoms with Crippen molar-refractivity contribution < 1.29 is 13.9 Å². The number of fused-ring (bicyclic) bond motifs is 1. The minimum absolute atomic E-state index is 0.0909. The van der Waals surface area contributed by atoms with Gasteiger partial charge in [0, 0.05) is 35.7 Å². The van der Waals surface area contributed by atoms with E-state index in [0.717, 1.165) is 64.9 Å². The van der Waals surface area contributed by atoms with Crippen LogP contribution >= 0.6 is 0 Å². The number of amides is 1. The molecule has 1 aromatic carbocycles. The third-order valence-electron chi connectivity index (χ3n) is 5.30. The van der Waals surface area contributed by atoms with Gasteiger partial charge in [-0.1, -0.05) is 6.92 Å². The molecule has 0 unspecified atom stereocenters. The predicted molar refractivity (Wildman–Crippen MR) is 101 cm³/mol. The maximum atomic E-state index is 12.6. The van der Waals surface area contributed by atoms with Crippen molar-refractivity contribution in [1.29, 1.82) is 0 Å². The lowest BCUT2D eigenvalue weighted by molar-refractivity contribution is -0.127. The van der Waals surface area contributed by atoms with Gasteiger partial charge in [0.2, 0.25) is 5.91 Å². The monoisotopic (exact) mass is 341 g/mol. The molecule has 1 aliphatic rings. The Morgan fingerprint density at radius 3 is 2.64 bits per heavy atom. The summed E-state index contributed by atoms with van der Waals surface area (Å²) in [5, 5.41) is 1.07. The van der Waals surface area contributed by atoms with Crippen LogP contribution in [0.25, 0.3) is 16.5 Å². The first kappa shape index (κ1) is 17.6. The van der Waals surface area contributed by atoms with Crippen molar-refractivity contribution in [3.05, 3.63) is 35.1 Å². The summed E-state index contributed by atoms with van der Waals surface area (Å²) in [6.45, 7) is 9.94. The van der Waals surface area contributed by atoms with Crippen molar-refractivity contribution in [2.75, 3.05) is 20.2 Å². The van der Waals surface area contributed by atoms with E-state index in [1.165, 1.54) is 0 Å². The highest BCUT2D eigenvalue weighted by Crippen LogP contribution is 2.37. The Balaban J connectivity index is 1.96. The second-order valence-corrected chi connectivity index (χ2v) is 7.21. The van der Waals surface area contributed by atoms with Crippen molar-refractivity contribution >= 4 is 22.4 Å². The molecular weight excluding hydrogens is 314 g/mol. The lowest BCUT2D eigenvalue weighted by Gasteiger charge is -2.29. The smallest absolute Gasteiger partial charge is 0.246 e. The number of carbonyl (C=O) groups excluding carboxylic acids is 1. The first-order valence-electron chi connectivity index (χ1n) is 8.95. The number of benzene rings is 1. The van der Waals surface area contributed by atoms with E-state index < -0.39 is 0 Å². The molecular formula is C21H27NO3. The maximum Gasteiger partial charge on any atom is 0.246 e. The van der Waals surface area contributed by atoms with Crippen LogP contribution < -0.4 is 4.74 Å². The Bertz CT molecular complexity index is 823. The van der Waals surface area contributed by atoms with Crippen LogP contribution in [0.4, 0.5) is 0 Å². The molecule has 1 aromatic heterocycles. The van der Waals surface area contributed by atoms with E-state index in [1.54, 1.807) is 19.4 Å². The van der Waals surface area contributed by atoms with Crippen LogP contribution in [0.5, 0.6) is 5.75 Å². The van der Waals surface area contributed by atoms with Gasteiger partial charge in [-0.2, -0.15) is 0 Å². The van der Waals surface area contributed by atoms with Gasteiger partial charge in [-0.15, -0.1) is 0 Å². The summed E-state index contributed by atoms with van der Waals surface area (Å²) in [7, 11) is 1.66. The summed E-state index contributed by atoms with van der Waals surface area (Å²) >= 11 is 0. The average molecular weight is 341 g/mol. The molecule has 2 heterocycles. The molecule has 4 heteroatoms. The third kappa shape index (κ3) is 3.30. The average Bonchev–Trinajstić information content (AvgIpc) is 2.96. The molecule has 0 aliphatic carbocycles. The Kier molecular flexibility index (Phi) is 4.89. The molecule has 0 atom stereocenters. The predicted octanol–water partition coefficient (Wildman–Crippen LogP) is 4.72. The van der Waals surface area contributed by atoms with Gasteiger partial charge in [0.1, 0.15) is 11.3 Å². The minimum Gasteiger partial charge on any atom is -0.496 e. The SMILES string of the molecule is COc1c(/C(C)=C/C(=O)N2CCC(C)CC2)cc2c(C)coc2c1C. The zero-order valence-corrected chi connectivity index (χ0v) is 15.8. The summed E-state index contributed by atoms with van der Waals surface area (Å²) in [6.07, 6.45) is 5.68. The van der Waals surface area contributed by atoms with E-state index >= 15 is 0 Å². The van der Waals surface area contributed by atoms with E-state index in [1.807, 2.05) is 25.7 Å². The number of nitrogens with zero attached hydrogens (tertiary/aromatic N) is 1. The molecule has 0 spiro atoms. The molecule has 0 bridgehead atoms. The second kappa shape index (κ2) is 6.95. The molecule has 0 radical (unpaired) electrons. The van der Waals surface area contributed by atoms with Gasteiger partial charge in [0.25, 0.3) is 0 Å². The van der Waals surface area contributed by atoms with Gasteiger partial charge >= 0.3 is 0 Å². The van der Waals surface area contributed by atoms with Gasteiger partial charge in [0.15, 0.2) is 0 Å². The highest BCUT2D eigenvalue weighted by molar-refractivity contribution is 5.98. The van der Waals surface area contributed by atoms with Crippen molar-refractivity contribution in [3.63, 3.8) is 0 Å². The molecule has 2 aromatic rings. The number of likely N-dealkylation sites (tertiary alicyclic amines) is 1. The minimum atomic E-state index is 0.0909. The van der Waals surface area contributed by atoms with Crippen LogP contribution in [0, 0.1) is 19.8 Å². The van der Waals surface area contributed by atoms with Crippen molar-refractivity contribution in [3.8, 4) is 5.75 Å². The molecule has 25 heavy (non-hydrogen) atoms. The molecule has 0 saturated carbocycles. The van der Waals surface area contributed by atoms with E-state index in [-0.39, 0.29) is 5.91 Å². The standard InChI is InChI=1S/C21H27NO3/c1-13-6-8-22(9-7-13)19(23)10-14(2)17-11-18-15(3)12-25-21(18)16(4)20(17)24-5/h10-13H,6-9H2,1-5H3/b14-10+. The number of furan rings is 1. The van der Waals surface area contributed by atoms with Gasteiger partial charge in [-0.25, -0.2) is 0 Å². The summed E-state index contributed by atoms with van der Waals surface area (Å²) < 4.78 is 11.3. The zero-order chi connectivity index (χ0) is 18.1. The summed E-state index contributed by atoms with van der Waals surface area (Å²) in [6, 6.07) is 2.07. The van der Waals surface area contributed by atoms with E-state index in [4.69, 9.17) is 9.15 Å². The summed E-state index contributed by atoms with van der Waals surface area (Å²) in [5.74, 6) is 1.58. The van der Waals surface area contributed by atoms with Crippen LogP contribution in [-0.4, -0.2) is 31.0 Å². The van der Waals surface area contributed by atoms with E-state index in [2.05, 4.69) is 13.0 Å². The highest BCUT2D eigenvalue weighted by Gasteiger charge is 2.21. The zero-order valence-electron chi connectivity index (χ0n) is 15.8. The number of piperidine rings is 1. The van der Waals surface area contributed by atoms with E-state index in [0.29, 0.717) is 5.92 Å². The molecule has 134 valence electrons. The molecule has 1 fully saturated rings. The van der Waals surface area contributed by atoms with Crippen LogP contribution in [-0.2, 0) is 4.79 Å². The van der Waals surface area contributed by atoms with Crippen LogP contribution in [0.2, 0.25) is 0 Å². The number of carbonyl (C=O) groups is 1. The molecule has 1 aliphatic heterocycles. The van der Waals surface area contributed by atoms with Crippen LogP contribution in [0.1, 0.15) is 43.4 Å². The second-order valence-electron chi connectivity index (χ2n) is 7.21. The Morgan fingerprint density at radius 2 is 2.00 bits per heavy atom. The summed E-state index contributed by atoms with van der Waals surface area (Å²) in [4.78, 5) is 14.6. The topological polar surface area (TPSA) is 42.7 Å². The Hall–Kier alpha value is -2.23. The van der Waals surface area contributed by atoms with Crippen LogP contribution in [0.3, 0.4) is 0 Å².